The van der Waals surface area contributed by atoms with E-state index in [0.717, 1.165) is 49.7 Å². The number of ether oxygens (including phenoxy) is 2. The highest BCUT2D eigenvalue weighted by molar-refractivity contribution is 5.74. The summed E-state index contributed by atoms with van der Waals surface area (Å²) in [5, 5.41) is 27.0. The zero-order valence-corrected chi connectivity index (χ0v) is 25.8. The smallest absolute Gasteiger partial charge is 0.317 e. The Morgan fingerprint density at radius 3 is 2.53 bits per heavy atom. The summed E-state index contributed by atoms with van der Waals surface area (Å²) in [7, 11) is 1.70. The number of rotatable bonds is 15. The second-order valence-electron chi connectivity index (χ2n) is 12.2. The Hall–Kier alpha value is -2.96. The van der Waals surface area contributed by atoms with Gasteiger partial charge in [-0.2, -0.15) is 5.26 Å². The van der Waals surface area contributed by atoms with Crippen molar-refractivity contribution in [2.75, 3.05) is 40.0 Å². The van der Waals surface area contributed by atoms with Crippen molar-refractivity contribution >= 4 is 6.03 Å². The van der Waals surface area contributed by atoms with E-state index < -0.39 is 6.10 Å². The summed E-state index contributed by atoms with van der Waals surface area (Å²) in [5.41, 5.74) is 2.83. The van der Waals surface area contributed by atoms with E-state index in [1.54, 1.807) is 19.2 Å². The van der Waals surface area contributed by atoms with E-state index in [1.807, 2.05) is 35.2 Å². The normalized spacial score (nSPS) is 19.7. The quantitative estimate of drug-likeness (QED) is 0.235. The number of benzene rings is 2. The number of urea groups is 1. The van der Waals surface area contributed by atoms with Gasteiger partial charge in [-0.3, -0.25) is 0 Å². The summed E-state index contributed by atoms with van der Waals surface area (Å²) in [6, 6.07) is 19.5. The van der Waals surface area contributed by atoms with Gasteiger partial charge in [0.2, 0.25) is 0 Å². The standard InChI is InChI=1S/C35H50N4O4/c1-42-20-9-21-43-34(30-12-6-3-7-13-30)31-14-8-19-39(26-31)35(41)38-32(22-27-10-4-2-5-11-27)33(40)25-37-24-29-17-15-28(23-36)16-18-29/h3,6-7,12-13,15-18,27,31-34,37,40H,2,4-5,8-11,14,19-22,24-26H2,1H3,(H,38,41)/t31-,32+,33+,34?/m1/s1. The highest BCUT2D eigenvalue weighted by atomic mass is 16.5. The first kappa shape index (κ1) is 32.9. The number of methoxy groups -OCH3 is 1. The van der Waals surface area contributed by atoms with Gasteiger partial charge in [0.25, 0.3) is 0 Å². The van der Waals surface area contributed by atoms with E-state index >= 15 is 0 Å². The number of amides is 2. The van der Waals surface area contributed by atoms with Crippen molar-refractivity contribution < 1.29 is 19.4 Å². The second-order valence-corrected chi connectivity index (χ2v) is 12.2. The average molecular weight is 591 g/mol. The van der Waals surface area contributed by atoms with E-state index in [1.165, 1.54) is 19.3 Å². The minimum atomic E-state index is -0.703. The number of aliphatic hydroxyl groups is 1. The fourth-order valence-electron chi connectivity index (χ4n) is 6.55. The van der Waals surface area contributed by atoms with Gasteiger partial charge in [0.05, 0.1) is 29.9 Å². The molecule has 1 unspecified atom stereocenters. The van der Waals surface area contributed by atoms with Crippen LogP contribution in [0.2, 0.25) is 0 Å². The maximum absolute atomic E-state index is 13.7. The van der Waals surface area contributed by atoms with Crippen LogP contribution in [0.15, 0.2) is 54.6 Å². The van der Waals surface area contributed by atoms with Gasteiger partial charge in [-0.1, -0.05) is 74.6 Å². The molecule has 8 nitrogen and oxygen atoms in total. The summed E-state index contributed by atoms with van der Waals surface area (Å²) in [6.45, 7) is 3.57. The number of hydrogen-bond acceptors (Lipinski definition) is 6. The Morgan fingerprint density at radius 1 is 1.05 bits per heavy atom. The molecule has 1 saturated heterocycles. The lowest BCUT2D eigenvalue weighted by atomic mass is 9.83. The lowest BCUT2D eigenvalue weighted by Crippen LogP contribution is -2.54. The van der Waals surface area contributed by atoms with Crippen LogP contribution in [0.25, 0.3) is 0 Å². The maximum Gasteiger partial charge on any atom is 0.317 e. The number of piperidine rings is 1. The molecule has 2 aliphatic rings. The molecular weight excluding hydrogens is 540 g/mol. The zero-order chi connectivity index (χ0) is 30.3. The summed E-state index contributed by atoms with van der Waals surface area (Å²) in [5.74, 6) is 0.713. The first-order valence-electron chi connectivity index (χ1n) is 16.2. The van der Waals surface area contributed by atoms with Crippen LogP contribution in [0, 0.1) is 23.2 Å². The Balaban J connectivity index is 1.37. The van der Waals surface area contributed by atoms with Crippen LogP contribution in [0.3, 0.4) is 0 Å². The molecule has 2 amide bonds. The first-order chi connectivity index (χ1) is 21.1. The van der Waals surface area contributed by atoms with E-state index in [0.29, 0.717) is 50.9 Å². The molecular formula is C35H50N4O4. The molecule has 4 rings (SSSR count). The van der Waals surface area contributed by atoms with Crippen LogP contribution in [-0.2, 0) is 16.0 Å². The molecule has 1 aliphatic carbocycles. The summed E-state index contributed by atoms with van der Waals surface area (Å²) < 4.78 is 11.6. The fourth-order valence-corrected chi connectivity index (χ4v) is 6.55. The van der Waals surface area contributed by atoms with Gasteiger partial charge < -0.3 is 30.1 Å². The Bertz CT molecular complexity index is 1120. The van der Waals surface area contributed by atoms with Gasteiger partial charge in [0.15, 0.2) is 0 Å². The minimum Gasteiger partial charge on any atom is -0.390 e. The molecule has 2 aromatic rings. The van der Waals surface area contributed by atoms with Crippen molar-refractivity contribution in [3.63, 3.8) is 0 Å². The zero-order valence-electron chi connectivity index (χ0n) is 25.8. The van der Waals surface area contributed by atoms with Gasteiger partial charge in [-0.05, 0) is 54.9 Å². The van der Waals surface area contributed by atoms with Gasteiger partial charge in [-0.25, -0.2) is 4.79 Å². The number of carbonyl (C=O) groups excluding carboxylic acids is 1. The maximum atomic E-state index is 13.7. The molecule has 1 saturated carbocycles. The Kier molecular flexibility index (Phi) is 13.8. The van der Waals surface area contributed by atoms with E-state index in [-0.39, 0.29) is 24.1 Å². The summed E-state index contributed by atoms with van der Waals surface area (Å²) in [4.78, 5) is 15.6. The molecule has 0 bridgehead atoms. The molecule has 0 spiro atoms. The largest absolute Gasteiger partial charge is 0.390 e. The van der Waals surface area contributed by atoms with Crippen molar-refractivity contribution in [3.05, 3.63) is 71.3 Å². The van der Waals surface area contributed by atoms with Crippen LogP contribution in [0.1, 0.15) is 80.6 Å². The van der Waals surface area contributed by atoms with Crippen LogP contribution in [0.5, 0.6) is 0 Å². The van der Waals surface area contributed by atoms with Crippen LogP contribution < -0.4 is 10.6 Å². The van der Waals surface area contributed by atoms with Crippen LogP contribution in [0.4, 0.5) is 4.79 Å². The number of aliphatic hydroxyl groups excluding tert-OH is 1. The molecule has 234 valence electrons. The number of carbonyl (C=O) groups is 1. The average Bonchev–Trinajstić information content (AvgIpc) is 3.05. The van der Waals surface area contributed by atoms with Crippen molar-refractivity contribution in [3.8, 4) is 6.07 Å². The first-order valence-corrected chi connectivity index (χ1v) is 16.2. The summed E-state index contributed by atoms with van der Waals surface area (Å²) in [6.07, 6.45) is 8.78. The number of nitrogens with one attached hydrogen (secondary N) is 2. The predicted molar refractivity (Wildman–Crippen MR) is 168 cm³/mol. The summed E-state index contributed by atoms with van der Waals surface area (Å²) >= 11 is 0. The number of likely N-dealkylation sites (tertiary alicyclic amines) is 1. The van der Waals surface area contributed by atoms with Crippen molar-refractivity contribution in [1.82, 2.24) is 15.5 Å². The third-order valence-corrected chi connectivity index (χ3v) is 8.94. The second kappa shape index (κ2) is 18.0. The molecule has 2 fully saturated rings. The SMILES string of the molecule is COCCCOC(c1ccccc1)[C@@H]1CCCN(C(=O)N[C@@H](CC2CCCCC2)[C@@H](O)CNCc2ccc(C#N)cc2)C1. The third-order valence-electron chi connectivity index (χ3n) is 8.94. The third kappa shape index (κ3) is 10.6. The Labute approximate surface area is 257 Å². The predicted octanol–water partition coefficient (Wildman–Crippen LogP) is 5.56. The van der Waals surface area contributed by atoms with Crippen molar-refractivity contribution in [2.45, 2.75) is 82.6 Å². The number of nitriles is 1. The van der Waals surface area contributed by atoms with E-state index in [4.69, 9.17) is 14.7 Å². The molecule has 2 aromatic carbocycles. The molecule has 1 heterocycles. The Morgan fingerprint density at radius 2 is 1.81 bits per heavy atom. The molecule has 0 radical (unpaired) electrons. The van der Waals surface area contributed by atoms with Gasteiger partial charge in [0.1, 0.15) is 0 Å². The molecule has 43 heavy (non-hydrogen) atoms. The van der Waals surface area contributed by atoms with E-state index in [9.17, 15) is 9.90 Å². The minimum absolute atomic E-state index is 0.0799. The van der Waals surface area contributed by atoms with Crippen molar-refractivity contribution in [2.24, 2.45) is 11.8 Å². The highest BCUT2D eigenvalue weighted by Gasteiger charge is 2.33. The number of hydrogen-bond donors (Lipinski definition) is 3. The number of nitrogens with zero attached hydrogens (tertiary/aromatic N) is 2. The van der Waals surface area contributed by atoms with Gasteiger partial charge >= 0.3 is 6.03 Å². The molecule has 4 atom stereocenters. The fraction of sp³-hybridized carbons (Fsp3) is 0.600. The molecule has 0 aromatic heterocycles. The van der Waals surface area contributed by atoms with Crippen molar-refractivity contribution in [1.29, 1.82) is 5.26 Å². The van der Waals surface area contributed by atoms with E-state index in [2.05, 4.69) is 28.8 Å². The van der Waals surface area contributed by atoms with Crippen LogP contribution >= 0.6 is 0 Å². The molecule has 1 aliphatic heterocycles. The highest BCUT2D eigenvalue weighted by Crippen LogP contribution is 2.33. The lowest BCUT2D eigenvalue weighted by Gasteiger charge is -2.38. The molecule has 8 heteroatoms. The van der Waals surface area contributed by atoms with Gasteiger partial charge in [-0.15, -0.1) is 0 Å². The molecule has 3 N–H and O–H groups in total. The van der Waals surface area contributed by atoms with Crippen LogP contribution in [-0.4, -0.2) is 68.1 Å². The lowest BCUT2D eigenvalue weighted by molar-refractivity contribution is -0.0171. The topological polar surface area (TPSA) is 107 Å². The van der Waals surface area contributed by atoms with Gasteiger partial charge in [0, 0.05) is 52.4 Å². The monoisotopic (exact) mass is 590 g/mol.